The average Bonchev–Trinajstić information content (AvgIpc) is 3.26. The molecule has 0 unspecified atom stereocenters. The molecule has 4 rings (SSSR count). The summed E-state index contributed by atoms with van der Waals surface area (Å²) in [4.78, 5) is 16.5. The predicted octanol–water partition coefficient (Wildman–Crippen LogP) is 4.01. The molecule has 0 radical (unpaired) electrons. The fraction of sp³-hybridized carbons (Fsp3) is 0. The van der Waals surface area contributed by atoms with Gasteiger partial charge in [0.1, 0.15) is 5.75 Å². The Kier molecular flexibility index (Phi) is 4.97. The van der Waals surface area contributed by atoms with Crippen molar-refractivity contribution in [2.75, 3.05) is 0 Å². The summed E-state index contributed by atoms with van der Waals surface area (Å²) in [5, 5.41) is 0. The number of rotatable bonds is 5. The Balaban J connectivity index is 1.60. The predicted molar refractivity (Wildman–Crippen MR) is 108 cm³/mol. The molecule has 3 aromatic carbocycles. The molecule has 0 saturated heterocycles. The van der Waals surface area contributed by atoms with E-state index in [2.05, 4.69) is 4.98 Å². The maximum Gasteiger partial charge on any atom is 0.343 e. The molecule has 7 heteroatoms. The first-order valence-electron chi connectivity index (χ1n) is 8.77. The molecule has 0 atom stereocenters. The smallest absolute Gasteiger partial charge is 0.343 e. The van der Waals surface area contributed by atoms with Crippen molar-refractivity contribution in [3.8, 4) is 17.1 Å². The molecular formula is C22H16N2O4S. The van der Waals surface area contributed by atoms with E-state index in [1.54, 1.807) is 66.7 Å². The van der Waals surface area contributed by atoms with Gasteiger partial charge in [-0.1, -0.05) is 36.4 Å². The molecular weight excluding hydrogens is 388 g/mol. The standard InChI is InChI=1S/C22H16N2O4S/c25-22(18-7-3-1-4-8-18)28-19-13-11-17(12-14-19)21-23-15-16-24(21)29(26,27)20-9-5-2-6-10-20/h1-16H. The van der Waals surface area contributed by atoms with E-state index in [4.69, 9.17) is 4.74 Å². The Morgan fingerprint density at radius 2 is 1.45 bits per heavy atom. The van der Waals surface area contributed by atoms with Gasteiger partial charge in [0.2, 0.25) is 0 Å². The van der Waals surface area contributed by atoms with Gasteiger partial charge in [-0.2, -0.15) is 0 Å². The first kappa shape index (κ1) is 18.6. The summed E-state index contributed by atoms with van der Waals surface area (Å²) in [6.45, 7) is 0. The Morgan fingerprint density at radius 3 is 2.10 bits per heavy atom. The quantitative estimate of drug-likeness (QED) is 0.371. The normalized spacial score (nSPS) is 11.2. The Hall–Kier alpha value is -3.71. The zero-order valence-corrected chi connectivity index (χ0v) is 16.0. The van der Waals surface area contributed by atoms with Gasteiger partial charge in [0.25, 0.3) is 10.0 Å². The van der Waals surface area contributed by atoms with Gasteiger partial charge < -0.3 is 4.74 Å². The van der Waals surface area contributed by atoms with E-state index >= 15 is 0 Å². The van der Waals surface area contributed by atoms with Crippen molar-refractivity contribution in [3.05, 3.63) is 103 Å². The van der Waals surface area contributed by atoms with Crippen LogP contribution in [0.4, 0.5) is 0 Å². The zero-order chi connectivity index (χ0) is 20.3. The van der Waals surface area contributed by atoms with E-state index in [9.17, 15) is 13.2 Å². The van der Waals surface area contributed by atoms with Crippen LogP contribution in [0.3, 0.4) is 0 Å². The van der Waals surface area contributed by atoms with E-state index in [-0.39, 0.29) is 10.7 Å². The second-order valence-electron chi connectivity index (χ2n) is 6.14. The third-order valence-electron chi connectivity index (χ3n) is 4.24. The molecule has 0 spiro atoms. The molecule has 6 nitrogen and oxygen atoms in total. The number of esters is 1. The molecule has 1 aromatic heterocycles. The van der Waals surface area contributed by atoms with Crippen molar-refractivity contribution in [3.63, 3.8) is 0 Å². The number of benzene rings is 3. The van der Waals surface area contributed by atoms with Gasteiger partial charge in [-0.3, -0.25) is 0 Å². The van der Waals surface area contributed by atoms with E-state index in [0.29, 0.717) is 16.9 Å². The van der Waals surface area contributed by atoms with Crippen LogP contribution in [-0.2, 0) is 10.0 Å². The van der Waals surface area contributed by atoms with Crippen LogP contribution >= 0.6 is 0 Å². The van der Waals surface area contributed by atoms with Crippen LogP contribution in [0.5, 0.6) is 5.75 Å². The minimum Gasteiger partial charge on any atom is -0.423 e. The number of imidazole rings is 1. The number of carbonyl (C=O) groups excluding carboxylic acids is 1. The maximum atomic E-state index is 12.9. The summed E-state index contributed by atoms with van der Waals surface area (Å²) in [7, 11) is -3.77. The van der Waals surface area contributed by atoms with E-state index in [0.717, 1.165) is 3.97 Å². The number of hydrogen-bond donors (Lipinski definition) is 0. The van der Waals surface area contributed by atoms with E-state index < -0.39 is 16.0 Å². The van der Waals surface area contributed by atoms with Crippen molar-refractivity contribution < 1.29 is 17.9 Å². The molecule has 0 bridgehead atoms. The molecule has 0 aliphatic rings. The van der Waals surface area contributed by atoms with Crippen LogP contribution < -0.4 is 4.74 Å². The highest BCUT2D eigenvalue weighted by Gasteiger charge is 2.21. The molecule has 0 N–H and O–H groups in total. The summed E-state index contributed by atoms with van der Waals surface area (Å²) in [5.41, 5.74) is 1.02. The van der Waals surface area contributed by atoms with Gasteiger partial charge >= 0.3 is 5.97 Å². The Bertz CT molecular complexity index is 1230. The second-order valence-corrected chi connectivity index (χ2v) is 7.96. The molecule has 4 aromatic rings. The molecule has 0 fully saturated rings. The fourth-order valence-electron chi connectivity index (χ4n) is 2.81. The average molecular weight is 404 g/mol. The highest BCUT2D eigenvalue weighted by molar-refractivity contribution is 7.90. The first-order valence-corrected chi connectivity index (χ1v) is 10.2. The van der Waals surface area contributed by atoms with Gasteiger partial charge in [-0.15, -0.1) is 0 Å². The maximum absolute atomic E-state index is 12.9. The Morgan fingerprint density at radius 1 is 0.828 bits per heavy atom. The van der Waals surface area contributed by atoms with E-state index in [1.807, 2.05) is 6.07 Å². The van der Waals surface area contributed by atoms with Crippen molar-refractivity contribution in [1.82, 2.24) is 8.96 Å². The summed E-state index contributed by atoms with van der Waals surface area (Å²) < 4.78 is 32.3. The minimum absolute atomic E-state index is 0.174. The lowest BCUT2D eigenvalue weighted by Gasteiger charge is -2.10. The molecule has 1 heterocycles. The third kappa shape index (κ3) is 3.81. The third-order valence-corrected chi connectivity index (χ3v) is 5.92. The molecule has 0 aliphatic carbocycles. The highest BCUT2D eigenvalue weighted by atomic mass is 32.2. The number of carbonyl (C=O) groups is 1. The van der Waals surface area contributed by atoms with Crippen LogP contribution in [0.2, 0.25) is 0 Å². The minimum atomic E-state index is -3.77. The van der Waals surface area contributed by atoms with Crippen molar-refractivity contribution in [1.29, 1.82) is 0 Å². The molecule has 29 heavy (non-hydrogen) atoms. The number of nitrogens with zero attached hydrogens (tertiary/aromatic N) is 2. The van der Waals surface area contributed by atoms with Gasteiger partial charge in [-0.05, 0) is 48.5 Å². The number of ether oxygens (including phenoxy) is 1. The molecule has 0 aliphatic heterocycles. The lowest BCUT2D eigenvalue weighted by Crippen LogP contribution is -2.13. The van der Waals surface area contributed by atoms with Crippen molar-refractivity contribution in [2.45, 2.75) is 4.90 Å². The summed E-state index contributed by atoms with van der Waals surface area (Å²) in [6.07, 6.45) is 2.83. The summed E-state index contributed by atoms with van der Waals surface area (Å²) in [5.74, 6) is 0.160. The van der Waals surface area contributed by atoms with Crippen LogP contribution in [0.15, 0.2) is 102 Å². The molecule has 144 valence electrons. The van der Waals surface area contributed by atoms with Crippen LogP contribution in [0, 0.1) is 0 Å². The first-order chi connectivity index (χ1) is 14.1. The van der Waals surface area contributed by atoms with Crippen LogP contribution in [0.25, 0.3) is 11.4 Å². The SMILES string of the molecule is O=C(Oc1ccc(-c2nccn2S(=O)(=O)c2ccccc2)cc1)c1ccccc1. The largest absolute Gasteiger partial charge is 0.423 e. The topological polar surface area (TPSA) is 78.3 Å². The summed E-state index contributed by atoms with van der Waals surface area (Å²) >= 11 is 0. The lowest BCUT2D eigenvalue weighted by molar-refractivity contribution is 0.0735. The lowest BCUT2D eigenvalue weighted by atomic mass is 10.2. The van der Waals surface area contributed by atoms with Gasteiger partial charge in [-0.25, -0.2) is 22.2 Å². The van der Waals surface area contributed by atoms with Gasteiger partial charge in [0.05, 0.1) is 10.5 Å². The monoisotopic (exact) mass is 404 g/mol. The molecule has 0 saturated carbocycles. The number of aromatic nitrogens is 2. The Labute approximate surface area is 168 Å². The van der Waals surface area contributed by atoms with Gasteiger partial charge in [0.15, 0.2) is 5.82 Å². The fourth-order valence-corrected chi connectivity index (χ4v) is 4.13. The van der Waals surface area contributed by atoms with Crippen molar-refractivity contribution in [2.24, 2.45) is 0 Å². The van der Waals surface area contributed by atoms with Crippen LogP contribution in [-0.4, -0.2) is 23.3 Å². The van der Waals surface area contributed by atoms with Crippen molar-refractivity contribution >= 4 is 16.0 Å². The van der Waals surface area contributed by atoms with Gasteiger partial charge in [0, 0.05) is 18.0 Å². The second kappa shape index (κ2) is 7.73. The highest BCUT2D eigenvalue weighted by Crippen LogP contribution is 2.25. The van der Waals surface area contributed by atoms with E-state index in [1.165, 1.54) is 24.5 Å². The number of hydrogen-bond acceptors (Lipinski definition) is 5. The summed E-state index contributed by atoms with van der Waals surface area (Å²) in [6, 6.07) is 23.3. The zero-order valence-electron chi connectivity index (χ0n) is 15.2. The molecule has 0 amide bonds. The van der Waals surface area contributed by atoms with Crippen LogP contribution in [0.1, 0.15) is 10.4 Å².